The van der Waals surface area contributed by atoms with Crippen molar-refractivity contribution < 1.29 is 5.11 Å². The lowest BCUT2D eigenvalue weighted by molar-refractivity contribution is 0.191. The third-order valence-electron chi connectivity index (χ3n) is 3.24. The predicted octanol–water partition coefficient (Wildman–Crippen LogP) is 3.58. The fourth-order valence-electron chi connectivity index (χ4n) is 2.35. The zero-order chi connectivity index (χ0) is 12.5. The Labute approximate surface area is 104 Å². The lowest BCUT2D eigenvalue weighted by Gasteiger charge is -2.23. The lowest BCUT2D eigenvalue weighted by atomic mass is 9.89. The van der Waals surface area contributed by atoms with Gasteiger partial charge >= 0.3 is 0 Å². The molecule has 0 amide bonds. The third-order valence-corrected chi connectivity index (χ3v) is 3.24. The second-order valence-electron chi connectivity index (χ2n) is 4.33. The van der Waals surface area contributed by atoms with Gasteiger partial charge in [-0.2, -0.15) is 0 Å². The number of hydrogen-bond donors (Lipinski definition) is 1. The van der Waals surface area contributed by atoms with E-state index in [0.717, 1.165) is 21.9 Å². The first-order valence-corrected chi connectivity index (χ1v) is 5.73. The molecule has 1 N–H and O–H groups in total. The average molecular weight is 237 g/mol. The minimum atomic E-state index is -0.755. The van der Waals surface area contributed by atoms with Gasteiger partial charge in [0.15, 0.2) is 0 Å². The van der Waals surface area contributed by atoms with E-state index < -0.39 is 12.1 Å². The van der Waals surface area contributed by atoms with E-state index in [0.29, 0.717) is 0 Å². The highest BCUT2D eigenvalue weighted by atomic mass is 16.3. The van der Waals surface area contributed by atoms with Crippen LogP contribution in [0.3, 0.4) is 0 Å². The van der Waals surface area contributed by atoms with Gasteiger partial charge in [-0.1, -0.05) is 47.6 Å². The normalized spacial score (nSPS) is 21.4. The maximum absolute atomic E-state index is 9.87. The molecular formula is C14H11N3O. The highest BCUT2D eigenvalue weighted by Crippen LogP contribution is 2.34. The van der Waals surface area contributed by atoms with Gasteiger partial charge in [-0.3, -0.25) is 0 Å². The summed E-state index contributed by atoms with van der Waals surface area (Å²) in [6.07, 6.45) is 2.78. The number of rotatable bonds is 1. The van der Waals surface area contributed by atoms with Gasteiger partial charge in [0.05, 0.1) is 12.1 Å². The molecule has 18 heavy (non-hydrogen) atoms. The lowest BCUT2D eigenvalue weighted by Crippen LogP contribution is -2.17. The van der Waals surface area contributed by atoms with Crippen LogP contribution in [0, 0.1) is 0 Å². The topological polar surface area (TPSA) is 69.0 Å². The Hall–Kier alpha value is -2.29. The van der Waals surface area contributed by atoms with Gasteiger partial charge in [0, 0.05) is 4.91 Å². The van der Waals surface area contributed by atoms with Crippen LogP contribution in [-0.2, 0) is 0 Å². The van der Waals surface area contributed by atoms with Crippen molar-refractivity contribution in [1.82, 2.24) is 0 Å². The number of fused-ring (bicyclic) bond motifs is 2. The maximum Gasteiger partial charge on any atom is 0.0926 e. The van der Waals surface area contributed by atoms with Crippen molar-refractivity contribution in [1.29, 1.82) is 0 Å². The molecule has 3 rings (SSSR count). The molecule has 0 radical (unpaired) electrons. The van der Waals surface area contributed by atoms with Gasteiger partial charge < -0.3 is 5.11 Å². The molecule has 2 aromatic rings. The summed E-state index contributed by atoms with van der Waals surface area (Å²) in [7, 11) is 0. The van der Waals surface area contributed by atoms with Crippen LogP contribution in [0.1, 0.15) is 17.2 Å². The molecule has 2 atom stereocenters. The minimum Gasteiger partial charge on any atom is -0.388 e. The van der Waals surface area contributed by atoms with Crippen molar-refractivity contribution in [3.63, 3.8) is 0 Å². The smallest absolute Gasteiger partial charge is 0.0926 e. The van der Waals surface area contributed by atoms with E-state index in [1.54, 1.807) is 6.08 Å². The highest BCUT2D eigenvalue weighted by molar-refractivity contribution is 5.86. The summed E-state index contributed by atoms with van der Waals surface area (Å²) in [5.41, 5.74) is 10.5. The molecule has 0 spiro atoms. The second kappa shape index (κ2) is 4.18. The summed E-state index contributed by atoms with van der Waals surface area (Å²) in [4.78, 5) is 2.82. The van der Waals surface area contributed by atoms with Crippen LogP contribution < -0.4 is 0 Å². The van der Waals surface area contributed by atoms with E-state index in [4.69, 9.17) is 5.53 Å². The summed E-state index contributed by atoms with van der Waals surface area (Å²) in [5, 5.41) is 15.8. The minimum absolute atomic E-state index is 0.542. The molecule has 0 aromatic heterocycles. The first-order valence-electron chi connectivity index (χ1n) is 5.73. The fraction of sp³-hybridized carbons (Fsp3) is 0.143. The highest BCUT2D eigenvalue weighted by Gasteiger charge is 2.23. The van der Waals surface area contributed by atoms with Crippen molar-refractivity contribution in [3.8, 4) is 0 Å². The molecule has 0 saturated carbocycles. The van der Waals surface area contributed by atoms with Crippen molar-refractivity contribution in [2.24, 2.45) is 5.11 Å². The summed E-state index contributed by atoms with van der Waals surface area (Å²) in [6.45, 7) is 0. The molecule has 0 unspecified atom stereocenters. The van der Waals surface area contributed by atoms with Crippen molar-refractivity contribution in [3.05, 3.63) is 64.0 Å². The Bertz CT molecular complexity index is 686. The van der Waals surface area contributed by atoms with E-state index in [-0.39, 0.29) is 0 Å². The summed E-state index contributed by atoms with van der Waals surface area (Å²) < 4.78 is 0. The molecule has 2 aromatic carbocycles. The quantitative estimate of drug-likeness (QED) is 0.459. The van der Waals surface area contributed by atoms with Crippen molar-refractivity contribution >= 4 is 16.8 Å². The zero-order valence-electron chi connectivity index (χ0n) is 9.56. The largest absolute Gasteiger partial charge is 0.388 e. The fourth-order valence-corrected chi connectivity index (χ4v) is 2.35. The number of azide groups is 1. The molecule has 0 bridgehead atoms. The molecule has 0 fully saturated rings. The molecule has 1 aliphatic carbocycles. The van der Waals surface area contributed by atoms with Crippen LogP contribution >= 0.6 is 0 Å². The first-order chi connectivity index (χ1) is 8.79. The SMILES string of the molecule is [N-]=[N+]=N[C@@H]1c2cc3ccccc3cc2C=C[C@H]1O. The Morgan fingerprint density at radius 3 is 2.61 bits per heavy atom. The van der Waals surface area contributed by atoms with Gasteiger partial charge in [-0.15, -0.1) is 0 Å². The third kappa shape index (κ3) is 1.64. The molecule has 4 nitrogen and oxygen atoms in total. The Kier molecular flexibility index (Phi) is 2.52. The van der Waals surface area contributed by atoms with Crippen molar-refractivity contribution in [2.45, 2.75) is 12.1 Å². The molecule has 1 aliphatic rings. The number of benzene rings is 2. The van der Waals surface area contributed by atoms with Gasteiger partial charge in [0.1, 0.15) is 0 Å². The summed E-state index contributed by atoms with van der Waals surface area (Å²) >= 11 is 0. The molecular weight excluding hydrogens is 226 g/mol. The summed E-state index contributed by atoms with van der Waals surface area (Å²) in [6, 6.07) is 11.5. The van der Waals surface area contributed by atoms with Crippen LogP contribution in [0.25, 0.3) is 27.3 Å². The Balaban J connectivity index is 2.27. The van der Waals surface area contributed by atoms with Gasteiger partial charge in [0.25, 0.3) is 0 Å². The molecule has 0 heterocycles. The molecule has 4 heteroatoms. The van der Waals surface area contributed by atoms with E-state index in [1.165, 1.54) is 0 Å². The Morgan fingerprint density at radius 2 is 1.89 bits per heavy atom. The number of nitrogens with zero attached hydrogens (tertiary/aromatic N) is 3. The van der Waals surface area contributed by atoms with Crippen LogP contribution in [0.15, 0.2) is 47.6 Å². The molecule has 0 aliphatic heterocycles. The van der Waals surface area contributed by atoms with E-state index in [9.17, 15) is 5.11 Å². The number of aliphatic hydroxyl groups excluding tert-OH is 1. The van der Waals surface area contributed by atoms with E-state index in [1.807, 2.05) is 42.5 Å². The van der Waals surface area contributed by atoms with Crippen LogP contribution in [-0.4, -0.2) is 11.2 Å². The van der Waals surface area contributed by atoms with E-state index >= 15 is 0 Å². The van der Waals surface area contributed by atoms with Gasteiger partial charge in [-0.25, -0.2) is 0 Å². The zero-order valence-corrected chi connectivity index (χ0v) is 9.56. The van der Waals surface area contributed by atoms with Crippen LogP contribution in [0.4, 0.5) is 0 Å². The van der Waals surface area contributed by atoms with Crippen LogP contribution in [0.2, 0.25) is 0 Å². The standard InChI is InChI=1S/C14H11N3O/c15-17-16-14-12-8-10-4-2-1-3-9(10)7-11(12)5-6-13(14)18/h1-8,13-14,18H/t13-,14-/m1/s1. The van der Waals surface area contributed by atoms with Crippen molar-refractivity contribution in [2.75, 3.05) is 0 Å². The monoisotopic (exact) mass is 237 g/mol. The molecule has 88 valence electrons. The summed E-state index contributed by atoms with van der Waals surface area (Å²) in [5.74, 6) is 0. The van der Waals surface area contributed by atoms with Crippen LogP contribution in [0.5, 0.6) is 0 Å². The predicted molar refractivity (Wildman–Crippen MR) is 70.9 cm³/mol. The maximum atomic E-state index is 9.87. The molecule has 0 saturated heterocycles. The number of aliphatic hydroxyl groups is 1. The first kappa shape index (κ1) is 10.8. The average Bonchev–Trinajstić information content (AvgIpc) is 2.40. The Morgan fingerprint density at radius 1 is 1.17 bits per heavy atom. The number of hydrogen-bond acceptors (Lipinski definition) is 2. The van der Waals surface area contributed by atoms with Gasteiger partial charge in [0.2, 0.25) is 0 Å². The van der Waals surface area contributed by atoms with Gasteiger partial charge in [-0.05, 0) is 33.5 Å². The van der Waals surface area contributed by atoms with E-state index in [2.05, 4.69) is 10.0 Å². The second-order valence-corrected chi connectivity index (χ2v) is 4.33.